The van der Waals surface area contributed by atoms with Gasteiger partial charge in [-0.05, 0) is 37.1 Å². The van der Waals surface area contributed by atoms with E-state index in [1.165, 1.54) is 12.7 Å². The van der Waals surface area contributed by atoms with Crippen molar-refractivity contribution < 1.29 is 19.1 Å². The first-order valence-electron chi connectivity index (χ1n) is 10.7. The molecule has 32 heavy (non-hydrogen) atoms. The molecule has 2 amide bonds. The number of carbonyl (C=O) groups excluding carboxylic acids is 2. The van der Waals surface area contributed by atoms with Gasteiger partial charge in [0.15, 0.2) is 5.82 Å². The maximum absolute atomic E-state index is 12.8. The molecule has 2 saturated heterocycles. The van der Waals surface area contributed by atoms with E-state index in [1.807, 2.05) is 36.9 Å². The number of aryl methyl sites for hydroxylation is 2. The molecule has 2 aliphatic heterocycles. The average Bonchev–Trinajstić information content (AvgIpc) is 3.21. The van der Waals surface area contributed by atoms with E-state index in [4.69, 9.17) is 9.47 Å². The van der Waals surface area contributed by atoms with Crippen LogP contribution in [0.25, 0.3) is 0 Å². The Kier molecular flexibility index (Phi) is 6.50. The van der Waals surface area contributed by atoms with Gasteiger partial charge in [0.1, 0.15) is 0 Å². The summed E-state index contributed by atoms with van der Waals surface area (Å²) in [5.41, 5.74) is 3.10. The Hall–Kier alpha value is -3.27. The third-order valence-electron chi connectivity index (χ3n) is 5.84. The number of rotatable bonds is 6. The molecule has 2 aromatic rings. The van der Waals surface area contributed by atoms with Gasteiger partial charge >= 0.3 is 6.01 Å². The lowest BCUT2D eigenvalue weighted by Crippen LogP contribution is -2.38. The van der Waals surface area contributed by atoms with Crippen LogP contribution in [0.5, 0.6) is 6.01 Å². The molecular formula is C22H28N6O4. The number of morpholine rings is 1. The number of methoxy groups -OCH3 is 1. The number of nitrogens with zero attached hydrogens (tertiary/aromatic N) is 5. The third-order valence-corrected chi connectivity index (χ3v) is 5.84. The van der Waals surface area contributed by atoms with Crippen LogP contribution >= 0.6 is 0 Å². The molecule has 2 fully saturated rings. The molecule has 1 atom stereocenters. The van der Waals surface area contributed by atoms with E-state index in [1.54, 1.807) is 4.90 Å². The van der Waals surface area contributed by atoms with Gasteiger partial charge in [0.2, 0.25) is 17.8 Å². The summed E-state index contributed by atoms with van der Waals surface area (Å²) in [6, 6.07) is 6.09. The smallest absolute Gasteiger partial charge is 0.321 e. The van der Waals surface area contributed by atoms with E-state index in [0.29, 0.717) is 44.6 Å². The second-order valence-electron chi connectivity index (χ2n) is 8.03. The van der Waals surface area contributed by atoms with Crippen LogP contribution in [-0.2, 0) is 20.9 Å². The van der Waals surface area contributed by atoms with Crippen molar-refractivity contribution in [2.75, 3.05) is 49.8 Å². The summed E-state index contributed by atoms with van der Waals surface area (Å²) in [7, 11) is 1.49. The second kappa shape index (κ2) is 9.47. The van der Waals surface area contributed by atoms with E-state index >= 15 is 0 Å². The normalized spacial score (nSPS) is 18.7. The van der Waals surface area contributed by atoms with Gasteiger partial charge in [-0.3, -0.25) is 9.59 Å². The Morgan fingerprint density at radius 1 is 1.19 bits per heavy atom. The monoisotopic (exact) mass is 440 g/mol. The first-order chi connectivity index (χ1) is 15.4. The summed E-state index contributed by atoms with van der Waals surface area (Å²) in [4.78, 5) is 42.0. The summed E-state index contributed by atoms with van der Waals surface area (Å²) >= 11 is 0. The van der Waals surface area contributed by atoms with E-state index in [9.17, 15) is 9.59 Å². The molecule has 1 N–H and O–H groups in total. The highest BCUT2D eigenvalue weighted by molar-refractivity contribution is 6.00. The van der Waals surface area contributed by atoms with Gasteiger partial charge in [0, 0.05) is 31.7 Å². The largest absolute Gasteiger partial charge is 0.467 e. The zero-order valence-electron chi connectivity index (χ0n) is 18.6. The minimum Gasteiger partial charge on any atom is -0.467 e. The van der Waals surface area contributed by atoms with Crippen LogP contribution < -0.4 is 19.9 Å². The zero-order valence-corrected chi connectivity index (χ0v) is 18.6. The van der Waals surface area contributed by atoms with Crippen LogP contribution in [0.1, 0.15) is 23.4 Å². The first kappa shape index (κ1) is 21.9. The van der Waals surface area contributed by atoms with Gasteiger partial charge in [-0.1, -0.05) is 6.07 Å². The second-order valence-corrected chi connectivity index (χ2v) is 8.03. The van der Waals surface area contributed by atoms with E-state index in [0.717, 1.165) is 11.3 Å². The third kappa shape index (κ3) is 4.80. The molecule has 0 bridgehead atoms. The molecule has 10 heteroatoms. The highest BCUT2D eigenvalue weighted by Gasteiger charge is 2.35. The molecule has 3 heterocycles. The van der Waals surface area contributed by atoms with Crippen molar-refractivity contribution >= 4 is 23.5 Å². The first-order valence-corrected chi connectivity index (χ1v) is 10.7. The molecular weight excluding hydrogens is 412 g/mol. The van der Waals surface area contributed by atoms with Crippen LogP contribution in [0.3, 0.4) is 0 Å². The van der Waals surface area contributed by atoms with E-state index < -0.39 is 5.92 Å². The standard InChI is InChI=1S/C22H28N6O4/c1-14-4-5-17(10-15(14)2)28-13-16(11-19(28)29)20(30)23-12-18-24-21(26-22(25-18)31-3)27-6-8-32-9-7-27/h4-5,10,16H,6-9,11-13H2,1-3H3,(H,23,30)/t16-/m0/s1. The van der Waals surface area contributed by atoms with Crippen molar-refractivity contribution in [3.63, 3.8) is 0 Å². The van der Waals surface area contributed by atoms with Gasteiger partial charge in [0.25, 0.3) is 0 Å². The summed E-state index contributed by atoms with van der Waals surface area (Å²) in [5.74, 6) is 0.233. The zero-order chi connectivity index (χ0) is 22.7. The van der Waals surface area contributed by atoms with Crippen molar-refractivity contribution in [2.24, 2.45) is 5.92 Å². The fraction of sp³-hybridized carbons (Fsp3) is 0.500. The van der Waals surface area contributed by atoms with Crippen LogP contribution in [-0.4, -0.2) is 66.7 Å². The SMILES string of the molecule is COc1nc(CNC(=O)[C@H]2CC(=O)N(c3ccc(C)c(C)c3)C2)nc(N2CCOCC2)n1. The highest BCUT2D eigenvalue weighted by Crippen LogP contribution is 2.27. The van der Waals surface area contributed by atoms with E-state index in [-0.39, 0.29) is 30.8 Å². The summed E-state index contributed by atoms with van der Waals surface area (Å²) in [6.45, 7) is 7.09. The number of aromatic nitrogens is 3. The Bertz CT molecular complexity index is 1010. The van der Waals surface area contributed by atoms with Crippen LogP contribution in [0.2, 0.25) is 0 Å². The summed E-state index contributed by atoms with van der Waals surface area (Å²) in [6.07, 6.45) is 0.179. The molecule has 1 aromatic carbocycles. The van der Waals surface area contributed by atoms with Crippen molar-refractivity contribution in [3.05, 3.63) is 35.2 Å². The number of amides is 2. The van der Waals surface area contributed by atoms with Crippen molar-refractivity contribution in [1.29, 1.82) is 0 Å². The maximum atomic E-state index is 12.8. The molecule has 170 valence electrons. The van der Waals surface area contributed by atoms with Crippen molar-refractivity contribution in [2.45, 2.75) is 26.8 Å². The van der Waals surface area contributed by atoms with Gasteiger partial charge in [-0.2, -0.15) is 15.0 Å². The summed E-state index contributed by atoms with van der Waals surface area (Å²) in [5, 5.41) is 2.87. The van der Waals surface area contributed by atoms with Crippen molar-refractivity contribution in [3.8, 4) is 6.01 Å². The average molecular weight is 441 g/mol. The van der Waals surface area contributed by atoms with Crippen LogP contribution in [0, 0.1) is 19.8 Å². The number of hydrogen-bond donors (Lipinski definition) is 1. The topological polar surface area (TPSA) is 110 Å². The molecule has 0 saturated carbocycles. The molecule has 2 aliphatic rings. The lowest BCUT2D eigenvalue weighted by atomic mass is 10.1. The Labute approximate surface area is 186 Å². The molecule has 0 aliphatic carbocycles. The predicted octanol–water partition coefficient (Wildman–Crippen LogP) is 1.00. The number of hydrogen-bond acceptors (Lipinski definition) is 8. The number of nitrogens with one attached hydrogen (secondary N) is 1. The summed E-state index contributed by atoms with van der Waals surface area (Å²) < 4.78 is 10.6. The highest BCUT2D eigenvalue weighted by atomic mass is 16.5. The Balaban J connectivity index is 1.40. The lowest BCUT2D eigenvalue weighted by Gasteiger charge is -2.26. The minimum atomic E-state index is -0.424. The molecule has 4 rings (SSSR count). The van der Waals surface area contributed by atoms with Crippen molar-refractivity contribution in [1.82, 2.24) is 20.3 Å². The number of ether oxygens (including phenoxy) is 2. The van der Waals surface area contributed by atoms with E-state index in [2.05, 4.69) is 20.3 Å². The number of anilines is 2. The molecule has 0 unspecified atom stereocenters. The minimum absolute atomic E-state index is 0.0511. The van der Waals surface area contributed by atoms with Crippen LogP contribution in [0.15, 0.2) is 18.2 Å². The lowest BCUT2D eigenvalue weighted by molar-refractivity contribution is -0.126. The predicted molar refractivity (Wildman–Crippen MR) is 118 cm³/mol. The van der Waals surface area contributed by atoms with Gasteiger partial charge < -0.3 is 24.6 Å². The maximum Gasteiger partial charge on any atom is 0.321 e. The Morgan fingerprint density at radius 3 is 2.69 bits per heavy atom. The Morgan fingerprint density at radius 2 is 1.97 bits per heavy atom. The molecule has 0 spiro atoms. The fourth-order valence-electron chi connectivity index (χ4n) is 3.80. The fourth-order valence-corrected chi connectivity index (χ4v) is 3.80. The molecule has 10 nitrogen and oxygen atoms in total. The van der Waals surface area contributed by atoms with Crippen LogP contribution in [0.4, 0.5) is 11.6 Å². The van der Waals surface area contributed by atoms with Gasteiger partial charge in [-0.15, -0.1) is 0 Å². The number of carbonyl (C=O) groups is 2. The number of benzene rings is 1. The molecule has 0 radical (unpaired) electrons. The van der Waals surface area contributed by atoms with Gasteiger partial charge in [0.05, 0.1) is 32.8 Å². The molecule has 1 aromatic heterocycles. The van der Waals surface area contributed by atoms with Gasteiger partial charge in [-0.25, -0.2) is 0 Å². The quantitative estimate of drug-likeness (QED) is 0.709.